The summed E-state index contributed by atoms with van der Waals surface area (Å²) in [7, 11) is 0. The molecule has 1 aliphatic carbocycles. The van der Waals surface area contributed by atoms with Gasteiger partial charge in [-0.25, -0.2) is 0 Å². The van der Waals surface area contributed by atoms with Crippen LogP contribution in [-0.4, -0.2) is 20.7 Å². The topological polar surface area (TPSA) is 62.7 Å². The minimum atomic E-state index is 0.0658. The Kier molecular flexibility index (Phi) is 5.08. The number of amides is 1. The molecule has 6 heteroatoms. The maximum atomic E-state index is 12.5. The number of hydrogen-bond acceptors (Lipinski definition) is 3. The highest BCUT2D eigenvalue weighted by Crippen LogP contribution is 2.43. The summed E-state index contributed by atoms with van der Waals surface area (Å²) < 4.78 is 2.49. The van der Waals surface area contributed by atoms with Crippen LogP contribution in [0.15, 0.2) is 24.3 Å². The first kappa shape index (κ1) is 17.9. The number of aromatic amines is 1. The van der Waals surface area contributed by atoms with Gasteiger partial charge in [0.05, 0.1) is 6.54 Å². The van der Waals surface area contributed by atoms with Crippen LogP contribution >= 0.6 is 12.2 Å². The van der Waals surface area contributed by atoms with E-state index in [1.54, 1.807) is 0 Å². The predicted molar refractivity (Wildman–Crippen MR) is 101 cm³/mol. The van der Waals surface area contributed by atoms with Crippen molar-refractivity contribution in [3.8, 4) is 0 Å². The molecule has 0 saturated carbocycles. The Hall–Kier alpha value is -1.95. The number of carbonyl (C=O) groups is 1. The van der Waals surface area contributed by atoms with E-state index in [-0.39, 0.29) is 17.2 Å². The molecule has 0 bridgehead atoms. The average Bonchev–Trinajstić information content (AvgIpc) is 2.96. The largest absolute Gasteiger partial charge is 0.349 e. The molecule has 25 heavy (non-hydrogen) atoms. The Labute approximate surface area is 153 Å². The summed E-state index contributed by atoms with van der Waals surface area (Å²) in [6.45, 7) is 7.73. The second kappa shape index (κ2) is 7.12. The van der Waals surface area contributed by atoms with Gasteiger partial charge in [0.15, 0.2) is 10.6 Å². The first-order valence-electron chi connectivity index (χ1n) is 8.92. The van der Waals surface area contributed by atoms with Gasteiger partial charge in [0.1, 0.15) is 0 Å². The molecule has 0 saturated heterocycles. The first-order valence-corrected chi connectivity index (χ1v) is 9.33. The number of rotatable bonds is 5. The number of carbonyl (C=O) groups excluding carboxylic acids is 1. The zero-order valence-corrected chi connectivity index (χ0v) is 15.9. The van der Waals surface area contributed by atoms with E-state index in [0.29, 0.717) is 17.7 Å². The number of benzene rings is 1. The quantitative estimate of drug-likeness (QED) is 0.799. The van der Waals surface area contributed by atoms with E-state index in [4.69, 9.17) is 12.2 Å². The van der Waals surface area contributed by atoms with E-state index in [0.717, 1.165) is 25.2 Å². The molecule has 0 aliphatic heterocycles. The van der Waals surface area contributed by atoms with Gasteiger partial charge in [-0.05, 0) is 54.4 Å². The van der Waals surface area contributed by atoms with E-state index >= 15 is 0 Å². The monoisotopic (exact) mass is 358 g/mol. The van der Waals surface area contributed by atoms with Crippen molar-refractivity contribution in [3.63, 3.8) is 0 Å². The van der Waals surface area contributed by atoms with Gasteiger partial charge in [-0.1, -0.05) is 38.1 Å². The molecule has 0 radical (unpaired) electrons. The van der Waals surface area contributed by atoms with Crippen LogP contribution in [-0.2, 0) is 23.3 Å². The molecule has 0 fully saturated rings. The summed E-state index contributed by atoms with van der Waals surface area (Å²) in [4.78, 5) is 12.5. The summed E-state index contributed by atoms with van der Waals surface area (Å²) in [5.74, 6) is 1.12. The SMILES string of the molecule is CCn1c(CNC(=O)C[C@@H]2CCC(C)(C)c3ccccc32)n[nH]c1=S. The fourth-order valence-electron chi connectivity index (χ4n) is 3.79. The Balaban J connectivity index is 1.66. The van der Waals surface area contributed by atoms with Crippen LogP contribution in [0.5, 0.6) is 0 Å². The highest BCUT2D eigenvalue weighted by Gasteiger charge is 2.33. The minimum Gasteiger partial charge on any atom is -0.349 e. The maximum Gasteiger partial charge on any atom is 0.220 e. The fraction of sp³-hybridized carbons (Fsp3) is 0.526. The molecular weight excluding hydrogens is 332 g/mol. The van der Waals surface area contributed by atoms with E-state index in [2.05, 4.69) is 53.6 Å². The summed E-state index contributed by atoms with van der Waals surface area (Å²) >= 11 is 5.18. The second-order valence-corrected chi connectivity index (χ2v) is 7.76. The summed E-state index contributed by atoms with van der Waals surface area (Å²) in [6, 6.07) is 8.55. The van der Waals surface area contributed by atoms with Gasteiger partial charge in [-0.2, -0.15) is 5.10 Å². The lowest BCUT2D eigenvalue weighted by molar-refractivity contribution is -0.121. The molecular formula is C19H26N4OS. The number of H-pyrrole nitrogens is 1. The van der Waals surface area contributed by atoms with E-state index in [1.807, 2.05) is 11.5 Å². The number of hydrogen-bond donors (Lipinski definition) is 2. The molecule has 1 atom stereocenters. The highest BCUT2D eigenvalue weighted by atomic mass is 32.1. The molecule has 0 spiro atoms. The molecule has 2 aromatic rings. The molecule has 134 valence electrons. The predicted octanol–water partition coefficient (Wildman–Crippen LogP) is 3.82. The van der Waals surface area contributed by atoms with Crippen molar-refractivity contribution in [2.45, 2.75) is 64.5 Å². The Bertz CT molecular complexity index is 821. The van der Waals surface area contributed by atoms with Crippen LogP contribution in [0.25, 0.3) is 0 Å². The minimum absolute atomic E-state index is 0.0658. The van der Waals surface area contributed by atoms with E-state index in [9.17, 15) is 4.79 Å². The zero-order chi connectivity index (χ0) is 18.0. The van der Waals surface area contributed by atoms with Crippen LogP contribution in [0, 0.1) is 4.77 Å². The van der Waals surface area contributed by atoms with E-state index in [1.165, 1.54) is 11.1 Å². The molecule has 1 aliphatic rings. The number of aromatic nitrogens is 3. The number of fused-ring (bicyclic) bond motifs is 1. The lowest BCUT2D eigenvalue weighted by atomic mass is 9.68. The smallest absolute Gasteiger partial charge is 0.220 e. The maximum absolute atomic E-state index is 12.5. The molecule has 1 amide bonds. The van der Waals surface area contributed by atoms with Crippen molar-refractivity contribution in [1.29, 1.82) is 0 Å². The van der Waals surface area contributed by atoms with Crippen molar-refractivity contribution in [1.82, 2.24) is 20.1 Å². The lowest BCUT2D eigenvalue weighted by Gasteiger charge is -2.37. The van der Waals surface area contributed by atoms with Crippen molar-refractivity contribution in [3.05, 3.63) is 46.0 Å². The van der Waals surface area contributed by atoms with Crippen molar-refractivity contribution < 1.29 is 4.79 Å². The lowest BCUT2D eigenvalue weighted by Crippen LogP contribution is -2.30. The first-order chi connectivity index (χ1) is 11.9. The van der Waals surface area contributed by atoms with Gasteiger partial charge in [0.25, 0.3) is 0 Å². The molecule has 0 unspecified atom stereocenters. The molecule has 1 aromatic carbocycles. The Morgan fingerprint density at radius 2 is 2.20 bits per heavy atom. The summed E-state index contributed by atoms with van der Waals surface area (Å²) in [5, 5.41) is 9.97. The molecule has 5 nitrogen and oxygen atoms in total. The second-order valence-electron chi connectivity index (χ2n) is 7.38. The van der Waals surface area contributed by atoms with E-state index < -0.39 is 0 Å². The number of nitrogens with zero attached hydrogens (tertiary/aromatic N) is 2. The van der Waals surface area contributed by atoms with Gasteiger partial charge in [0.2, 0.25) is 5.91 Å². The average molecular weight is 359 g/mol. The summed E-state index contributed by atoms with van der Waals surface area (Å²) in [5.41, 5.74) is 2.89. The Morgan fingerprint density at radius 1 is 1.44 bits per heavy atom. The van der Waals surface area contributed by atoms with Gasteiger partial charge >= 0.3 is 0 Å². The molecule has 1 aromatic heterocycles. The normalized spacial score (nSPS) is 18.6. The third-order valence-corrected chi connectivity index (χ3v) is 5.59. The van der Waals surface area contributed by atoms with Gasteiger partial charge < -0.3 is 9.88 Å². The molecule has 3 rings (SSSR count). The van der Waals surface area contributed by atoms with Crippen LogP contribution in [0.2, 0.25) is 0 Å². The van der Waals surface area contributed by atoms with Gasteiger partial charge in [-0.3, -0.25) is 9.89 Å². The Morgan fingerprint density at radius 3 is 2.96 bits per heavy atom. The summed E-state index contributed by atoms with van der Waals surface area (Å²) in [6.07, 6.45) is 2.67. The zero-order valence-electron chi connectivity index (χ0n) is 15.1. The fourth-order valence-corrected chi connectivity index (χ4v) is 4.07. The van der Waals surface area contributed by atoms with Crippen LogP contribution in [0.1, 0.15) is 62.9 Å². The molecule has 1 heterocycles. The van der Waals surface area contributed by atoms with Crippen molar-refractivity contribution in [2.24, 2.45) is 0 Å². The van der Waals surface area contributed by atoms with Gasteiger partial charge in [0, 0.05) is 13.0 Å². The standard InChI is InChI=1S/C19H26N4OS/c1-4-23-16(21-22-18(23)25)12-20-17(24)11-13-9-10-19(2,3)15-8-6-5-7-14(13)15/h5-8,13H,4,9-12H2,1-3H3,(H,20,24)(H,22,25)/t13-/m0/s1. The van der Waals surface area contributed by atoms with Crippen molar-refractivity contribution in [2.75, 3.05) is 0 Å². The highest BCUT2D eigenvalue weighted by molar-refractivity contribution is 7.71. The third kappa shape index (κ3) is 3.68. The van der Waals surface area contributed by atoms with Crippen LogP contribution in [0.4, 0.5) is 0 Å². The van der Waals surface area contributed by atoms with Crippen molar-refractivity contribution >= 4 is 18.1 Å². The van der Waals surface area contributed by atoms with Crippen LogP contribution < -0.4 is 5.32 Å². The number of nitrogens with one attached hydrogen (secondary N) is 2. The van der Waals surface area contributed by atoms with Crippen LogP contribution in [0.3, 0.4) is 0 Å². The van der Waals surface area contributed by atoms with Gasteiger partial charge in [-0.15, -0.1) is 0 Å². The third-order valence-electron chi connectivity index (χ3n) is 5.28. The molecule has 2 N–H and O–H groups in total.